The summed E-state index contributed by atoms with van der Waals surface area (Å²) in [6.07, 6.45) is 0. The van der Waals surface area contributed by atoms with Crippen molar-refractivity contribution < 1.29 is 0 Å². The number of nitrogens with one attached hydrogen (secondary N) is 1. The van der Waals surface area contributed by atoms with E-state index in [1.165, 1.54) is 16.0 Å². The van der Waals surface area contributed by atoms with Gasteiger partial charge in [0.15, 0.2) is 0 Å². The average Bonchev–Trinajstić information content (AvgIpc) is 2.98. The van der Waals surface area contributed by atoms with E-state index in [0.29, 0.717) is 12.1 Å². The van der Waals surface area contributed by atoms with Gasteiger partial charge in [-0.25, -0.2) is 0 Å². The van der Waals surface area contributed by atoms with Gasteiger partial charge >= 0.3 is 0 Å². The lowest BCUT2D eigenvalue weighted by atomic mass is 10.1. The lowest BCUT2D eigenvalue weighted by Crippen LogP contribution is -2.24. The van der Waals surface area contributed by atoms with E-state index >= 15 is 0 Å². The molecule has 0 fully saturated rings. The number of thioether (sulfide) groups is 1. The fraction of sp³-hybridized carbons (Fsp3) is 0.286. The van der Waals surface area contributed by atoms with Gasteiger partial charge in [0.25, 0.3) is 0 Å². The minimum atomic E-state index is 0.429. The normalized spacial score (nSPS) is 20.2. The van der Waals surface area contributed by atoms with Gasteiger partial charge in [-0.15, -0.1) is 11.8 Å². The number of thiophene rings is 1. The third kappa shape index (κ3) is 2.28. The van der Waals surface area contributed by atoms with Gasteiger partial charge in [-0.05, 0) is 40.9 Å². The summed E-state index contributed by atoms with van der Waals surface area (Å²) in [5.41, 5.74) is 2.85. The monoisotopic (exact) mass is 261 g/mol. The summed E-state index contributed by atoms with van der Waals surface area (Å²) in [5, 5.41) is 8.09. The molecule has 1 aromatic carbocycles. The van der Waals surface area contributed by atoms with Crippen molar-refractivity contribution in [2.45, 2.75) is 23.9 Å². The van der Waals surface area contributed by atoms with Crippen molar-refractivity contribution in [1.29, 1.82) is 0 Å². The topological polar surface area (TPSA) is 12.0 Å². The van der Waals surface area contributed by atoms with E-state index in [1.807, 2.05) is 11.8 Å². The molecular formula is C14H15NS2. The van der Waals surface area contributed by atoms with E-state index in [2.05, 4.69) is 53.3 Å². The minimum absolute atomic E-state index is 0.429. The zero-order valence-electron chi connectivity index (χ0n) is 9.72. The Hall–Kier alpha value is -0.770. The molecule has 2 heterocycles. The standard InChI is InChI=1S/C14H15NS2/c1-10(11-6-7-16-8-11)15-13-9-17-14-5-3-2-4-12(13)14/h2-8,10,13,15H,9H2,1H3. The predicted molar refractivity (Wildman–Crippen MR) is 75.8 cm³/mol. The van der Waals surface area contributed by atoms with Gasteiger partial charge in [0, 0.05) is 22.7 Å². The Bertz CT molecular complexity index is 493. The van der Waals surface area contributed by atoms with E-state index in [4.69, 9.17) is 0 Å². The molecular weight excluding hydrogens is 246 g/mol. The molecule has 3 heteroatoms. The molecule has 2 atom stereocenters. The summed E-state index contributed by atoms with van der Waals surface area (Å²) >= 11 is 3.72. The predicted octanol–water partition coefficient (Wildman–Crippen LogP) is 4.25. The molecule has 1 nitrogen and oxygen atoms in total. The van der Waals surface area contributed by atoms with Crippen LogP contribution in [-0.4, -0.2) is 5.75 Å². The first kappa shape index (κ1) is 11.3. The lowest BCUT2D eigenvalue weighted by Gasteiger charge is -2.19. The van der Waals surface area contributed by atoms with Crippen molar-refractivity contribution in [3.05, 3.63) is 52.2 Å². The Morgan fingerprint density at radius 3 is 3.00 bits per heavy atom. The number of hydrogen-bond donors (Lipinski definition) is 1. The van der Waals surface area contributed by atoms with Crippen LogP contribution in [0.5, 0.6) is 0 Å². The van der Waals surface area contributed by atoms with Gasteiger partial charge < -0.3 is 5.32 Å². The SMILES string of the molecule is CC(NC1CSc2ccccc21)c1ccsc1. The maximum Gasteiger partial charge on any atom is 0.0431 e. The molecule has 17 heavy (non-hydrogen) atoms. The first-order valence-electron chi connectivity index (χ1n) is 5.84. The first-order valence-corrected chi connectivity index (χ1v) is 7.77. The number of rotatable bonds is 3. The highest BCUT2D eigenvalue weighted by Gasteiger charge is 2.23. The third-order valence-corrected chi connectivity index (χ3v) is 5.08. The van der Waals surface area contributed by atoms with Crippen LogP contribution in [0.15, 0.2) is 46.0 Å². The van der Waals surface area contributed by atoms with E-state index in [9.17, 15) is 0 Å². The van der Waals surface area contributed by atoms with Crippen LogP contribution >= 0.6 is 23.1 Å². The van der Waals surface area contributed by atoms with Crippen molar-refractivity contribution in [3.63, 3.8) is 0 Å². The largest absolute Gasteiger partial charge is 0.303 e. The van der Waals surface area contributed by atoms with Crippen LogP contribution in [-0.2, 0) is 0 Å². The Balaban J connectivity index is 1.75. The second kappa shape index (κ2) is 4.84. The smallest absolute Gasteiger partial charge is 0.0431 e. The van der Waals surface area contributed by atoms with Crippen LogP contribution in [0.4, 0.5) is 0 Å². The second-order valence-corrected chi connectivity index (χ2v) is 6.19. The minimum Gasteiger partial charge on any atom is -0.303 e. The summed E-state index contributed by atoms with van der Waals surface area (Å²) < 4.78 is 0. The quantitative estimate of drug-likeness (QED) is 0.886. The zero-order valence-corrected chi connectivity index (χ0v) is 11.4. The molecule has 0 saturated heterocycles. The average molecular weight is 261 g/mol. The maximum absolute atomic E-state index is 3.72. The van der Waals surface area contributed by atoms with Gasteiger partial charge in [0.05, 0.1) is 0 Å². The summed E-state index contributed by atoms with van der Waals surface area (Å²) in [7, 11) is 0. The Kier molecular flexibility index (Phi) is 3.23. The fourth-order valence-electron chi connectivity index (χ4n) is 2.22. The Morgan fingerprint density at radius 1 is 1.29 bits per heavy atom. The summed E-state index contributed by atoms with van der Waals surface area (Å²) in [4.78, 5) is 1.43. The van der Waals surface area contributed by atoms with Crippen molar-refractivity contribution in [3.8, 4) is 0 Å². The summed E-state index contributed by atoms with van der Waals surface area (Å²) in [6.45, 7) is 2.24. The lowest BCUT2D eigenvalue weighted by molar-refractivity contribution is 0.502. The molecule has 0 saturated carbocycles. The highest BCUT2D eigenvalue weighted by atomic mass is 32.2. The maximum atomic E-state index is 3.72. The van der Waals surface area contributed by atoms with Crippen molar-refractivity contribution in [2.24, 2.45) is 0 Å². The molecule has 1 aromatic heterocycles. The van der Waals surface area contributed by atoms with Crippen molar-refractivity contribution in [2.75, 3.05) is 5.75 Å². The van der Waals surface area contributed by atoms with E-state index in [1.54, 1.807) is 11.3 Å². The molecule has 0 spiro atoms. The number of benzene rings is 1. The van der Waals surface area contributed by atoms with Crippen LogP contribution in [0.3, 0.4) is 0 Å². The molecule has 88 valence electrons. The van der Waals surface area contributed by atoms with Gasteiger partial charge in [0.1, 0.15) is 0 Å². The molecule has 0 aliphatic carbocycles. The molecule has 1 aliphatic heterocycles. The molecule has 1 aliphatic rings. The molecule has 0 radical (unpaired) electrons. The van der Waals surface area contributed by atoms with Crippen molar-refractivity contribution >= 4 is 23.1 Å². The van der Waals surface area contributed by atoms with E-state index in [0.717, 1.165) is 5.75 Å². The molecule has 0 amide bonds. The van der Waals surface area contributed by atoms with E-state index in [-0.39, 0.29) is 0 Å². The fourth-order valence-corrected chi connectivity index (χ4v) is 4.15. The van der Waals surface area contributed by atoms with Crippen molar-refractivity contribution in [1.82, 2.24) is 5.32 Å². The van der Waals surface area contributed by atoms with Gasteiger partial charge in [-0.1, -0.05) is 18.2 Å². The molecule has 1 N–H and O–H groups in total. The number of hydrogen-bond acceptors (Lipinski definition) is 3. The molecule has 2 unspecified atom stereocenters. The number of fused-ring (bicyclic) bond motifs is 1. The van der Waals surface area contributed by atoms with E-state index < -0.39 is 0 Å². The summed E-state index contributed by atoms with van der Waals surface area (Å²) in [6, 6.07) is 11.8. The van der Waals surface area contributed by atoms with Gasteiger partial charge in [0.2, 0.25) is 0 Å². The highest BCUT2D eigenvalue weighted by molar-refractivity contribution is 7.99. The Labute approximate surface area is 110 Å². The summed E-state index contributed by atoms with van der Waals surface area (Å²) in [5.74, 6) is 1.15. The molecule has 2 aromatic rings. The first-order chi connectivity index (χ1) is 8.34. The Morgan fingerprint density at radius 2 is 2.18 bits per heavy atom. The van der Waals surface area contributed by atoms with Crippen LogP contribution in [0.25, 0.3) is 0 Å². The van der Waals surface area contributed by atoms with Crippen LogP contribution < -0.4 is 5.32 Å². The van der Waals surface area contributed by atoms with Crippen LogP contribution in [0.2, 0.25) is 0 Å². The van der Waals surface area contributed by atoms with Crippen LogP contribution in [0, 0.1) is 0 Å². The zero-order chi connectivity index (χ0) is 11.7. The van der Waals surface area contributed by atoms with Gasteiger partial charge in [-0.2, -0.15) is 11.3 Å². The van der Waals surface area contributed by atoms with Gasteiger partial charge in [-0.3, -0.25) is 0 Å². The highest BCUT2D eigenvalue weighted by Crippen LogP contribution is 2.38. The molecule has 0 bridgehead atoms. The second-order valence-electron chi connectivity index (χ2n) is 4.35. The van der Waals surface area contributed by atoms with Crippen LogP contribution in [0.1, 0.15) is 30.1 Å². The molecule has 3 rings (SSSR count). The third-order valence-electron chi connectivity index (χ3n) is 3.19.